The maximum Gasteiger partial charge on any atom is 0.0620 e. The summed E-state index contributed by atoms with van der Waals surface area (Å²) in [6, 6.07) is 106. The number of hydrogen-bond donors (Lipinski definition) is 0. The molecule has 72 heavy (non-hydrogen) atoms. The predicted molar refractivity (Wildman–Crippen MR) is 306 cm³/mol. The lowest BCUT2D eigenvalue weighted by molar-refractivity contribution is 1.18. The zero-order chi connectivity index (χ0) is 47.8. The largest absolute Gasteiger partial charge is 0.309 e. The Labute approximate surface area is 420 Å². The summed E-state index contributed by atoms with van der Waals surface area (Å²) >= 11 is 0. The van der Waals surface area contributed by atoms with Gasteiger partial charge in [0.25, 0.3) is 0 Å². The highest BCUT2D eigenvalue weighted by Crippen LogP contribution is 2.49. The van der Waals surface area contributed by atoms with Crippen LogP contribution in [0, 0.1) is 0 Å². The maximum absolute atomic E-state index is 2.49. The molecule has 0 atom stereocenters. The van der Waals surface area contributed by atoms with Crippen LogP contribution in [-0.2, 0) is 0 Å². The molecule has 13 aromatic rings. The van der Waals surface area contributed by atoms with Crippen molar-refractivity contribution >= 4 is 49.6 Å². The van der Waals surface area contributed by atoms with Crippen LogP contribution in [0.15, 0.2) is 291 Å². The predicted octanol–water partition coefficient (Wildman–Crippen LogP) is 19.4. The molecule has 0 N–H and O–H groups in total. The lowest BCUT2D eigenvalue weighted by atomic mass is 9.90. The first-order valence-electron chi connectivity index (χ1n) is 24.8. The average Bonchev–Trinajstić information content (AvgIpc) is 3.81. The monoisotopic (exact) mass is 916 g/mol. The van der Waals surface area contributed by atoms with Crippen molar-refractivity contribution in [3.8, 4) is 72.4 Å². The Hall–Kier alpha value is -9.50. The first-order valence-corrected chi connectivity index (χ1v) is 24.8. The van der Waals surface area contributed by atoms with Crippen molar-refractivity contribution in [3.05, 3.63) is 291 Å². The second-order valence-corrected chi connectivity index (χ2v) is 18.4. The molecule has 1 heterocycles. The third-order valence-electron chi connectivity index (χ3n) is 14.2. The van der Waals surface area contributed by atoms with Gasteiger partial charge in [0.05, 0.1) is 22.4 Å². The minimum atomic E-state index is 1.06. The number of aromatic nitrogens is 1. The van der Waals surface area contributed by atoms with Crippen LogP contribution in [-0.4, -0.2) is 4.57 Å². The van der Waals surface area contributed by atoms with Gasteiger partial charge in [0.1, 0.15) is 0 Å². The molecule has 0 spiro atoms. The summed E-state index contributed by atoms with van der Waals surface area (Å²) in [5.41, 5.74) is 20.9. The van der Waals surface area contributed by atoms with Gasteiger partial charge < -0.3 is 9.47 Å². The van der Waals surface area contributed by atoms with Gasteiger partial charge in [0.2, 0.25) is 0 Å². The van der Waals surface area contributed by atoms with Crippen molar-refractivity contribution in [1.29, 1.82) is 0 Å². The molecular formula is C70H48N2. The van der Waals surface area contributed by atoms with E-state index in [2.05, 4.69) is 301 Å². The van der Waals surface area contributed by atoms with Crippen molar-refractivity contribution in [3.63, 3.8) is 0 Å². The molecule has 338 valence electrons. The smallest absolute Gasteiger partial charge is 0.0620 e. The highest BCUT2D eigenvalue weighted by Gasteiger charge is 2.25. The molecular weight excluding hydrogens is 869 g/mol. The molecule has 1 aromatic heterocycles. The SMILES string of the molecule is c1ccc(-c2ccc(-c3ccc(N(c4ccccc4-c4cccc5cccc(-c6ccccc6)c45)c4ccccc4-c4cccc5c6ccccc6n(-c6ccccc6)c45)cc3)cc2-c2ccccc2)cc1. The Kier molecular flexibility index (Phi) is 10.9. The molecule has 0 aliphatic heterocycles. The molecule has 2 nitrogen and oxygen atoms in total. The fourth-order valence-corrected chi connectivity index (χ4v) is 11.0. The lowest BCUT2D eigenvalue weighted by Gasteiger charge is -2.30. The quantitative estimate of drug-likeness (QED) is 0.133. The summed E-state index contributed by atoms with van der Waals surface area (Å²) in [4.78, 5) is 2.49. The fourth-order valence-electron chi connectivity index (χ4n) is 11.0. The van der Waals surface area contributed by atoms with E-state index in [0.29, 0.717) is 0 Å². The Morgan fingerprint density at radius 2 is 0.736 bits per heavy atom. The minimum absolute atomic E-state index is 1.06. The first kappa shape index (κ1) is 42.6. The van der Waals surface area contributed by atoms with Gasteiger partial charge in [-0.2, -0.15) is 0 Å². The summed E-state index contributed by atoms with van der Waals surface area (Å²) in [5.74, 6) is 0. The normalized spacial score (nSPS) is 11.3. The Morgan fingerprint density at radius 3 is 1.40 bits per heavy atom. The van der Waals surface area contributed by atoms with Crippen LogP contribution >= 0.6 is 0 Å². The van der Waals surface area contributed by atoms with E-state index >= 15 is 0 Å². The van der Waals surface area contributed by atoms with Gasteiger partial charge in [-0.15, -0.1) is 0 Å². The van der Waals surface area contributed by atoms with Gasteiger partial charge in [-0.25, -0.2) is 0 Å². The van der Waals surface area contributed by atoms with Gasteiger partial charge in [-0.3, -0.25) is 0 Å². The topological polar surface area (TPSA) is 8.17 Å². The van der Waals surface area contributed by atoms with E-state index in [4.69, 9.17) is 0 Å². The Balaban J connectivity index is 1.04. The van der Waals surface area contributed by atoms with E-state index in [-0.39, 0.29) is 0 Å². The molecule has 0 saturated carbocycles. The molecule has 0 aliphatic carbocycles. The molecule has 0 fully saturated rings. The van der Waals surface area contributed by atoms with Crippen molar-refractivity contribution in [2.45, 2.75) is 0 Å². The van der Waals surface area contributed by atoms with Crippen LogP contribution in [0.5, 0.6) is 0 Å². The summed E-state index contributed by atoms with van der Waals surface area (Å²) in [7, 11) is 0. The highest BCUT2D eigenvalue weighted by molar-refractivity contribution is 6.15. The molecule has 2 heteroatoms. The van der Waals surface area contributed by atoms with E-state index in [1.807, 2.05) is 0 Å². The van der Waals surface area contributed by atoms with Crippen LogP contribution < -0.4 is 4.90 Å². The molecule has 12 aromatic carbocycles. The zero-order valence-electron chi connectivity index (χ0n) is 39.6. The van der Waals surface area contributed by atoms with Crippen LogP contribution in [0.25, 0.3) is 105 Å². The van der Waals surface area contributed by atoms with Crippen molar-refractivity contribution in [2.24, 2.45) is 0 Å². The summed E-state index contributed by atoms with van der Waals surface area (Å²) in [6.45, 7) is 0. The van der Waals surface area contributed by atoms with Crippen molar-refractivity contribution in [1.82, 2.24) is 4.57 Å². The molecule has 0 bridgehead atoms. The second-order valence-electron chi connectivity index (χ2n) is 18.4. The molecule has 0 radical (unpaired) electrons. The Morgan fingerprint density at radius 1 is 0.264 bits per heavy atom. The van der Waals surface area contributed by atoms with Crippen molar-refractivity contribution in [2.75, 3.05) is 4.90 Å². The average molecular weight is 917 g/mol. The van der Waals surface area contributed by atoms with Gasteiger partial charge in [-0.05, 0) is 109 Å². The minimum Gasteiger partial charge on any atom is -0.309 e. The Bertz CT molecular complexity index is 4060. The van der Waals surface area contributed by atoms with Crippen LogP contribution in [0.2, 0.25) is 0 Å². The van der Waals surface area contributed by atoms with Crippen molar-refractivity contribution < 1.29 is 0 Å². The van der Waals surface area contributed by atoms with E-state index in [1.165, 1.54) is 71.5 Å². The van der Waals surface area contributed by atoms with Crippen LogP contribution in [0.4, 0.5) is 17.1 Å². The molecule has 0 unspecified atom stereocenters. The fraction of sp³-hybridized carbons (Fsp3) is 0. The van der Waals surface area contributed by atoms with E-state index in [9.17, 15) is 0 Å². The molecule has 0 aliphatic rings. The standard InChI is InChI=1S/C70H48N2/c1-5-22-50(23-6-1)57-47-44-54(48-65(57)52-26-9-3-10-27-52)49-42-45-56(46-43-49)71(66-39-16-13-32-59(66)62-36-20-29-53-28-19-35-58(69(53)62)51-24-7-2-8-25-51)67-40-17-14-33-60(67)63-37-21-38-64-61-34-15-18-41-68(61)72(70(63)64)55-30-11-4-12-31-55/h1-48H. The van der Waals surface area contributed by atoms with Crippen LogP contribution in [0.1, 0.15) is 0 Å². The van der Waals surface area contributed by atoms with Gasteiger partial charge in [-0.1, -0.05) is 243 Å². The molecule has 0 saturated heterocycles. The second kappa shape index (κ2) is 18.4. The van der Waals surface area contributed by atoms with Gasteiger partial charge in [0, 0.05) is 38.8 Å². The first-order chi connectivity index (χ1) is 35.8. The van der Waals surface area contributed by atoms with E-state index in [1.54, 1.807) is 0 Å². The summed E-state index contributed by atoms with van der Waals surface area (Å²) in [5, 5.41) is 4.88. The van der Waals surface area contributed by atoms with Gasteiger partial charge in [0.15, 0.2) is 0 Å². The van der Waals surface area contributed by atoms with E-state index in [0.717, 1.165) is 50.6 Å². The third kappa shape index (κ3) is 7.54. The highest BCUT2D eigenvalue weighted by atomic mass is 15.1. The number of anilines is 3. The lowest BCUT2D eigenvalue weighted by Crippen LogP contribution is -2.12. The number of nitrogens with zero attached hydrogens (tertiary/aromatic N) is 2. The number of fused-ring (bicyclic) bond motifs is 4. The molecule has 0 amide bonds. The molecule has 13 rings (SSSR count). The van der Waals surface area contributed by atoms with Gasteiger partial charge >= 0.3 is 0 Å². The third-order valence-corrected chi connectivity index (χ3v) is 14.2. The summed E-state index contributed by atoms with van der Waals surface area (Å²) < 4.78 is 2.44. The van der Waals surface area contributed by atoms with Crippen LogP contribution in [0.3, 0.4) is 0 Å². The number of hydrogen-bond acceptors (Lipinski definition) is 1. The maximum atomic E-state index is 2.49. The summed E-state index contributed by atoms with van der Waals surface area (Å²) in [6.07, 6.45) is 0. The number of benzene rings is 12. The van der Waals surface area contributed by atoms with E-state index < -0.39 is 0 Å². The zero-order valence-corrected chi connectivity index (χ0v) is 39.6. The number of rotatable bonds is 10. The number of para-hydroxylation sites is 5.